The molecule has 0 fully saturated rings. The number of fused-ring (bicyclic) bond motifs is 10. The molecular formula is C54H37N5. The van der Waals surface area contributed by atoms with Crippen molar-refractivity contribution in [1.29, 1.82) is 0 Å². The second-order valence-electron chi connectivity index (χ2n) is 16.1. The predicted molar refractivity (Wildman–Crippen MR) is 242 cm³/mol. The number of nitrogens with zero attached hydrogens (tertiary/aromatic N) is 5. The highest BCUT2D eigenvalue weighted by molar-refractivity contribution is 6.25. The topological polar surface area (TPSA) is 48.5 Å². The van der Waals surface area contributed by atoms with Gasteiger partial charge in [0.15, 0.2) is 17.5 Å². The molecule has 0 atom stereocenters. The first-order valence-corrected chi connectivity index (χ1v) is 20.2. The van der Waals surface area contributed by atoms with Gasteiger partial charge in [-0.1, -0.05) is 141 Å². The molecule has 1 aliphatic rings. The summed E-state index contributed by atoms with van der Waals surface area (Å²) in [5.41, 5.74) is 13.7. The van der Waals surface area contributed by atoms with Crippen molar-refractivity contribution < 1.29 is 0 Å². The van der Waals surface area contributed by atoms with E-state index in [1.807, 2.05) is 36.4 Å². The number of hydrogen-bond acceptors (Lipinski definition) is 3. The van der Waals surface area contributed by atoms with Gasteiger partial charge in [0.25, 0.3) is 0 Å². The highest BCUT2D eigenvalue weighted by Gasteiger charge is 2.36. The molecule has 0 radical (unpaired) electrons. The van der Waals surface area contributed by atoms with E-state index in [4.69, 9.17) is 15.0 Å². The van der Waals surface area contributed by atoms with Crippen molar-refractivity contribution in [2.75, 3.05) is 0 Å². The van der Waals surface area contributed by atoms with Crippen molar-refractivity contribution in [3.05, 3.63) is 199 Å². The molecule has 5 heteroatoms. The normalized spacial score (nSPS) is 13.1. The third-order valence-electron chi connectivity index (χ3n) is 12.4. The first-order valence-electron chi connectivity index (χ1n) is 20.2. The van der Waals surface area contributed by atoms with E-state index in [-0.39, 0.29) is 5.41 Å². The van der Waals surface area contributed by atoms with Gasteiger partial charge < -0.3 is 9.13 Å². The largest absolute Gasteiger partial charge is 0.317 e. The molecule has 3 aromatic heterocycles. The number of para-hydroxylation sites is 2. The molecule has 0 N–H and O–H groups in total. The average Bonchev–Trinajstić information content (AvgIpc) is 3.95. The van der Waals surface area contributed by atoms with Crippen LogP contribution < -0.4 is 0 Å². The minimum Gasteiger partial charge on any atom is -0.317 e. The van der Waals surface area contributed by atoms with Crippen LogP contribution in [-0.4, -0.2) is 24.1 Å². The summed E-state index contributed by atoms with van der Waals surface area (Å²) < 4.78 is 4.73. The van der Waals surface area contributed by atoms with Crippen LogP contribution in [0.5, 0.6) is 0 Å². The molecular weight excluding hydrogens is 719 g/mol. The minimum absolute atomic E-state index is 0.267. The lowest BCUT2D eigenvalue weighted by molar-refractivity contribution is 0.660. The van der Waals surface area contributed by atoms with Gasteiger partial charge in [-0.15, -0.1) is 0 Å². The molecule has 59 heavy (non-hydrogen) atoms. The van der Waals surface area contributed by atoms with E-state index in [0.717, 1.165) is 28.1 Å². The van der Waals surface area contributed by atoms with Crippen molar-refractivity contribution in [2.24, 2.45) is 0 Å². The number of hydrogen-bond donors (Lipinski definition) is 0. The predicted octanol–water partition coefficient (Wildman–Crippen LogP) is 13.4. The molecule has 0 amide bonds. The fraction of sp³-hybridized carbons (Fsp3) is 0.0556. The molecule has 5 nitrogen and oxygen atoms in total. The maximum Gasteiger partial charge on any atom is 0.164 e. The molecule has 0 aliphatic heterocycles. The summed E-state index contributed by atoms with van der Waals surface area (Å²) in [5, 5.41) is 6.32. The van der Waals surface area contributed by atoms with Crippen LogP contribution in [0.4, 0.5) is 0 Å². The van der Waals surface area contributed by atoms with Gasteiger partial charge in [-0.05, 0) is 87.6 Å². The zero-order chi connectivity index (χ0) is 39.2. The van der Waals surface area contributed by atoms with Gasteiger partial charge in [-0.25, -0.2) is 15.0 Å². The van der Waals surface area contributed by atoms with E-state index < -0.39 is 0 Å². The van der Waals surface area contributed by atoms with Crippen molar-refractivity contribution in [2.45, 2.75) is 19.3 Å². The van der Waals surface area contributed by atoms with Gasteiger partial charge >= 0.3 is 0 Å². The van der Waals surface area contributed by atoms with Crippen LogP contribution in [0.3, 0.4) is 0 Å². The smallest absolute Gasteiger partial charge is 0.164 e. The molecule has 11 aromatic rings. The molecule has 12 rings (SSSR count). The van der Waals surface area contributed by atoms with E-state index in [2.05, 4.69) is 175 Å². The highest BCUT2D eigenvalue weighted by atomic mass is 15.0. The molecule has 278 valence electrons. The van der Waals surface area contributed by atoms with Crippen LogP contribution in [-0.2, 0) is 5.41 Å². The molecule has 0 unspecified atom stereocenters. The summed E-state index contributed by atoms with van der Waals surface area (Å²) >= 11 is 0. The lowest BCUT2D eigenvalue weighted by atomic mass is 9.82. The fourth-order valence-electron chi connectivity index (χ4n) is 9.53. The summed E-state index contributed by atoms with van der Waals surface area (Å²) in [7, 11) is 0. The monoisotopic (exact) mass is 755 g/mol. The standard InChI is InChI=1S/C54H37N5/c1-54(2)45-32-36(53-56-51(34-14-6-3-7-15-34)55-52(57-53)35-16-8-4-9-17-35)22-24-40(45)41-25-23-38(33-46(41)54)59-48-21-13-12-20-44(48)50-43-27-28-47-42(39(43)26-29-49(50)59)30-31-58(47)37-18-10-5-11-19-37/h3-33H,1-2H3. The molecule has 0 spiro atoms. The van der Waals surface area contributed by atoms with Gasteiger partial charge in [0.05, 0.1) is 16.6 Å². The Hall–Kier alpha value is -7.63. The lowest BCUT2D eigenvalue weighted by Crippen LogP contribution is -2.15. The average molecular weight is 756 g/mol. The molecule has 8 aromatic carbocycles. The van der Waals surface area contributed by atoms with Crippen LogP contribution in [0.15, 0.2) is 188 Å². The summed E-state index contributed by atoms with van der Waals surface area (Å²) in [6.07, 6.45) is 2.19. The third kappa shape index (κ3) is 5.08. The molecule has 0 saturated heterocycles. The Morgan fingerprint density at radius 3 is 1.68 bits per heavy atom. The van der Waals surface area contributed by atoms with Crippen molar-refractivity contribution in [3.8, 4) is 56.7 Å². The van der Waals surface area contributed by atoms with E-state index >= 15 is 0 Å². The van der Waals surface area contributed by atoms with Crippen LogP contribution in [0.2, 0.25) is 0 Å². The Labute approximate surface area is 341 Å². The van der Waals surface area contributed by atoms with Crippen LogP contribution in [0.25, 0.3) is 100 Å². The Balaban J connectivity index is 0.983. The van der Waals surface area contributed by atoms with Crippen molar-refractivity contribution in [1.82, 2.24) is 24.1 Å². The van der Waals surface area contributed by atoms with E-state index in [0.29, 0.717) is 17.5 Å². The van der Waals surface area contributed by atoms with Crippen LogP contribution >= 0.6 is 0 Å². The van der Waals surface area contributed by atoms with Gasteiger partial charge in [0.2, 0.25) is 0 Å². The number of aromatic nitrogens is 5. The lowest BCUT2D eigenvalue weighted by Gasteiger charge is -2.23. The first-order chi connectivity index (χ1) is 29.0. The van der Waals surface area contributed by atoms with E-state index in [1.165, 1.54) is 65.7 Å². The van der Waals surface area contributed by atoms with E-state index in [9.17, 15) is 0 Å². The minimum atomic E-state index is -0.267. The Bertz CT molecular complexity index is 3390. The van der Waals surface area contributed by atoms with Crippen LogP contribution in [0, 0.1) is 0 Å². The van der Waals surface area contributed by atoms with Crippen LogP contribution in [0.1, 0.15) is 25.0 Å². The molecule has 0 saturated carbocycles. The Morgan fingerprint density at radius 1 is 0.390 bits per heavy atom. The van der Waals surface area contributed by atoms with E-state index in [1.54, 1.807) is 0 Å². The third-order valence-corrected chi connectivity index (χ3v) is 12.4. The van der Waals surface area contributed by atoms with Gasteiger partial charge in [0.1, 0.15) is 0 Å². The zero-order valence-electron chi connectivity index (χ0n) is 32.6. The second-order valence-corrected chi connectivity index (χ2v) is 16.1. The Morgan fingerprint density at radius 2 is 0.966 bits per heavy atom. The van der Waals surface area contributed by atoms with Gasteiger partial charge in [0, 0.05) is 55.8 Å². The van der Waals surface area contributed by atoms with Gasteiger partial charge in [-0.3, -0.25) is 0 Å². The second kappa shape index (κ2) is 12.7. The van der Waals surface area contributed by atoms with Crippen molar-refractivity contribution in [3.63, 3.8) is 0 Å². The molecule has 0 bridgehead atoms. The summed E-state index contributed by atoms with van der Waals surface area (Å²) in [6, 6.07) is 65.0. The van der Waals surface area contributed by atoms with Crippen molar-refractivity contribution >= 4 is 43.5 Å². The summed E-state index contributed by atoms with van der Waals surface area (Å²) in [4.78, 5) is 15.0. The quantitative estimate of drug-likeness (QED) is 0.176. The first kappa shape index (κ1) is 33.5. The SMILES string of the molecule is CC1(C)c2cc(-c3nc(-c4ccccc4)nc(-c4ccccc4)n3)ccc2-c2ccc(-n3c4ccccc4c4c5ccc6c(ccn6-c6ccccc6)c5ccc43)cc21. The maximum atomic E-state index is 5.05. The highest BCUT2D eigenvalue weighted by Crippen LogP contribution is 2.51. The molecule has 3 heterocycles. The number of benzene rings is 8. The zero-order valence-corrected chi connectivity index (χ0v) is 32.6. The Kier molecular flexibility index (Phi) is 7.20. The fourth-order valence-corrected chi connectivity index (χ4v) is 9.53. The number of rotatable bonds is 5. The maximum absolute atomic E-state index is 5.05. The molecule has 1 aliphatic carbocycles. The summed E-state index contributed by atoms with van der Waals surface area (Å²) in [5.74, 6) is 1.99. The summed E-state index contributed by atoms with van der Waals surface area (Å²) in [6.45, 7) is 4.69. The van der Waals surface area contributed by atoms with Gasteiger partial charge in [-0.2, -0.15) is 0 Å².